The maximum atomic E-state index is 12.5. The van der Waals surface area contributed by atoms with E-state index in [2.05, 4.69) is 21.5 Å². The lowest BCUT2D eigenvalue weighted by molar-refractivity contribution is -0.141. The van der Waals surface area contributed by atoms with Crippen LogP contribution in [0.15, 0.2) is 24.5 Å². The van der Waals surface area contributed by atoms with Gasteiger partial charge in [-0.2, -0.15) is 0 Å². The Kier molecular flexibility index (Phi) is 7.68. The maximum absolute atomic E-state index is 12.5. The molecular weight excluding hydrogens is 336 g/mol. The molecule has 0 saturated heterocycles. The number of hydrogen-bond donors (Lipinski definition) is 1. The molecule has 5 nitrogen and oxygen atoms in total. The molecule has 0 aliphatic carbocycles. The highest BCUT2D eigenvalue weighted by Gasteiger charge is 2.36. The minimum Gasteiger partial charge on any atom is -0.598 e. The molecule has 1 aromatic rings. The third-order valence-electron chi connectivity index (χ3n) is 3.29. The number of ether oxygens (including phenoxy) is 1. The van der Waals surface area contributed by atoms with E-state index >= 15 is 0 Å². The third kappa shape index (κ3) is 7.30. The summed E-state index contributed by atoms with van der Waals surface area (Å²) >= 11 is -1.34. The van der Waals surface area contributed by atoms with Gasteiger partial charge in [0, 0.05) is 29.3 Å². The number of carbonyl (C=O) groups is 1. The standard InChI is InChI=1S/C19H26N2O3S/c1-7-8-15-11-16(14-20-13-15)9-10-19(5,12-17(22)24-6)21-25(23)18(2,3)4/h9-11,13-14,21H,12H2,1-6H3/b10-9+. The SMILES string of the molecule is CC#Cc1cncc(/C=C/C(C)(CC(=O)OC)N[S+]([O-])C(C)(C)C)c1. The van der Waals surface area contributed by atoms with Crippen molar-refractivity contribution in [1.82, 2.24) is 9.71 Å². The van der Waals surface area contributed by atoms with Crippen molar-refractivity contribution in [2.45, 2.75) is 51.3 Å². The van der Waals surface area contributed by atoms with Crippen LogP contribution in [0.4, 0.5) is 0 Å². The molecule has 136 valence electrons. The van der Waals surface area contributed by atoms with Crippen LogP contribution in [0.1, 0.15) is 52.2 Å². The molecule has 1 heterocycles. The number of nitrogens with one attached hydrogen (secondary N) is 1. The first-order valence-corrected chi connectivity index (χ1v) is 9.08. The van der Waals surface area contributed by atoms with Crippen molar-refractivity contribution < 1.29 is 14.1 Å². The van der Waals surface area contributed by atoms with Gasteiger partial charge in [0.1, 0.15) is 4.75 Å². The van der Waals surface area contributed by atoms with Crippen LogP contribution in [-0.4, -0.2) is 32.9 Å². The van der Waals surface area contributed by atoms with E-state index in [0.717, 1.165) is 11.1 Å². The molecule has 25 heavy (non-hydrogen) atoms. The van der Waals surface area contributed by atoms with Gasteiger partial charge in [-0.15, -0.1) is 10.6 Å². The summed E-state index contributed by atoms with van der Waals surface area (Å²) in [6.45, 7) is 9.19. The van der Waals surface area contributed by atoms with Gasteiger partial charge in [-0.3, -0.25) is 9.78 Å². The van der Waals surface area contributed by atoms with E-state index in [1.165, 1.54) is 7.11 Å². The van der Waals surface area contributed by atoms with E-state index in [4.69, 9.17) is 4.74 Å². The first-order valence-electron chi connectivity index (χ1n) is 7.93. The fraction of sp³-hybridized carbons (Fsp3) is 0.474. The Morgan fingerprint density at radius 3 is 2.64 bits per heavy atom. The summed E-state index contributed by atoms with van der Waals surface area (Å²) in [6, 6.07) is 1.90. The number of rotatable bonds is 6. The molecule has 0 aliphatic heterocycles. The van der Waals surface area contributed by atoms with Crippen molar-refractivity contribution in [3.63, 3.8) is 0 Å². The van der Waals surface area contributed by atoms with Gasteiger partial charge in [0.05, 0.1) is 19.1 Å². The van der Waals surface area contributed by atoms with Crippen molar-refractivity contribution in [3.8, 4) is 11.8 Å². The Hall–Kier alpha value is -1.81. The fourth-order valence-electron chi connectivity index (χ4n) is 1.91. The fourth-order valence-corrected chi connectivity index (χ4v) is 2.78. The third-order valence-corrected chi connectivity index (χ3v) is 5.06. The van der Waals surface area contributed by atoms with Crippen molar-refractivity contribution in [1.29, 1.82) is 0 Å². The predicted octanol–water partition coefficient (Wildman–Crippen LogP) is 2.84. The van der Waals surface area contributed by atoms with Crippen LogP contribution >= 0.6 is 0 Å². The average molecular weight is 362 g/mol. The highest BCUT2D eigenvalue weighted by Crippen LogP contribution is 2.22. The summed E-state index contributed by atoms with van der Waals surface area (Å²) in [5, 5.41) is 0. The highest BCUT2D eigenvalue weighted by molar-refractivity contribution is 7.90. The molecule has 2 unspecified atom stereocenters. The molecule has 1 aromatic heterocycles. The number of aromatic nitrogens is 1. The molecule has 6 heteroatoms. The van der Waals surface area contributed by atoms with E-state index in [9.17, 15) is 9.35 Å². The normalized spacial score (nSPS) is 15.2. The van der Waals surface area contributed by atoms with E-state index in [0.29, 0.717) is 0 Å². The second-order valence-electron chi connectivity index (χ2n) is 6.87. The van der Waals surface area contributed by atoms with E-state index in [1.54, 1.807) is 19.3 Å². The number of pyridine rings is 1. The van der Waals surface area contributed by atoms with Crippen LogP contribution in [0.3, 0.4) is 0 Å². The Bertz CT molecular complexity index is 686. The lowest BCUT2D eigenvalue weighted by Gasteiger charge is -2.32. The van der Waals surface area contributed by atoms with Crippen LogP contribution in [0.25, 0.3) is 6.08 Å². The molecular formula is C19H26N2O3S. The monoisotopic (exact) mass is 362 g/mol. The zero-order valence-electron chi connectivity index (χ0n) is 15.7. The van der Waals surface area contributed by atoms with Gasteiger partial charge in [0.25, 0.3) is 0 Å². The smallest absolute Gasteiger partial charge is 0.307 e. The number of nitrogens with zero attached hydrogens (tertiary/aromatic N) is 1. The number of esters is 1. The van der Waals surface area contributed by atoms with E-state index in [1.807, 2.05) is 45.9 Å². The number of hydrogen-bond acceptors (Lipinski definition) is 5. The minimum absolute atomic E-state index is 0.0592. The molecule has 0 aromatic carbocycles. The van der Waals surface area contributed by atoms with Crippen LogP contribution in [0, 0.1) is 11.8 Å². The Morgan fingerprint density at radius 2 is 2.08 bits per heavy atom. The summed E-state index contributed by atoms with van der Waals surface area (Å²) in [5.74, 6) is 5.41. The summed E-state index contributed by atoms with van der Waals surface area (Å²) in [7, 11) is 1.34. The Labute approximate surface area is 153 Å². The molecule has 0 aliphatic rings. The van der Waals surface area contributed by atoms with Gasteiger partial charge in [0.2, 0.25) is 0 Å². The molecule has 0 saturated carbocycles. The zero-order chi connectivity index (χ0) is 19.1. The van der Waals surface area contributed by atoms with Crippen molar-refractivity contribution in [2.24, 2.45) is 0 Å². The van der Waals surface area contributed by atoms with Crippen LogP contribution < -0.4 is 4.72 Å². The second kappa shape index (κ2) is 9.04. The first-order chi connectivity index (χ1) is 11.6. The van der Waals surface area contributed by atoms with Gasteiger partial charge in [-0.05, 0) is 46.2 Å². The number of methoxy groups -OCH3 is 1. The predicted molar refractivity (Wildman–Crippen MR) is 102 cm³/mol. The topological polar surface area (TPSA) is 74.3 Å². The molecule has 1 N–H and O–H groups in total. The average Bonchev–Trinajstić information content (AvgIpc) is 2.52. The molecule has 0 radical (unpaired) electrons. The van der Waals surface area contributed by atoms with Gasteiger partial charge in [-0.1, -0.05) is 18.1 Å². The van der Waals surface area contributed by atoms with Crippen LogP contribution in [0.5, 0.6) is 0 Å². The first kappa shape index (κ1) is 21.2. The van der Waals surface area contributed by atoms with E-state index in [-0.39, 0.29) is 12.4 Å². The number of carbonyl (C=O) groups excluding carboxylic acids is 1. The van der Waals surface area contributed by atoms with Crippen molar-refractivity contribution >= 4 is 23.4 Å². The summed E-state index contributed by atoms with van der Waals surface area (Å²) in [5.41, 5.74) is 0.836. The van der Waals surface area contributed by atoms with Crippen LogP contribution in [0.2, 0.25) is 0 Å². The Balaban J connectivity index is 3.08. The second-order valence-corrected chi connectivity index (χ2v) is 8.84. The molecule has 0 spiro atoms. The molecule has 0 bridgehead atoms. The summed E-state index contributed by atoms with van der Waals surface area (Å²) < 4.78 is 19.8. The summed E-state index contributed by atoms with van der Waals surface area (Å²) in [4.78, 5) is 15.9. The Morgan fingerprint density at radius 1 is 1.40 bits per heavy atom. The molecule has 1 rings (SSSR count). The van der Waals surface area contributed by atoms with Gasteiger partial charge in [-0.25, -0.2) is 0 Å². The van der Waals surface area contributed by atoms with Gasteiger partial charge >= 0.3 is 5.97 Å². The molecule has 2 atom stereocenters. The van der Waals surface area contributed by atoms with Gasteiger partial charge in [0.15, 0.2) is 0 Å². The van der Waals surface area contributed by atoms with Gasteiger partial charge < -0.3 is 9.29 Å². The lowest BCUT2D eigenvalue weighted by atomic mass is 9.97. The zero-order valence-corrected chi connectivity index (χ0v) is 16.5. The molecule has 0 fully saturated rings. The van der Waals surface area contributed by atoms with Crippen molar-refractivity contribution in [3.05, 3.63) is 35.7 Å². The van der Waals surface area contributed by atoms with E-state index < -0.39 is 21.6 Å². The van der Waals surface area contributed by atoms with Crippen LogP contribution in [-0.2, 0) is 20.9 Å². The minimum atomic E-state index is -1.34. The largest absolute Gasteiger partial charge is 0.598 e. The summed E-state index contributed by atoms with van der Waals surface area (Å²) in [6.07, 6.45) is 7.10. The highest BCUT2D eigenvalue weighted by atomic mass is 32.2. The quantitative estimate of drug-likeness (QED) is 0.478. The lowest BCUT2D eigenvalue weighted by Crippen LogP contribution is -2.51. The maximum Gasteiger partial charge on any atom is 0.307 e. The van der Waals surface area contributed by atoms with Crippen molar-refractivity contribution in [2.75, 3.05) is 7.11 Å². The molecule has 0 amide bonds.